The summed E-state index contributed by atoms with van der Waals surface area (Å²) in [6.07, 6.45) is 2.81. The maximum atomic E-state index is 12.1. The molecule has 1 atom stereocenters. The highest BCUT2D eigenvalue weighted by Crippen LogP contribution is 2.17. The minimum atomic E-state index is -1.12. The number of rotatable bonds is 5. The summed E-state index contributed by atoms with van der Waals surface area (Å²) < 4.78 is 5.07. The molecule has 2 rings (SSSR count). The van der Waals surface area contributed by atoms with Crippen LogP contribution >= 0.6 is 0 Å². The van der Waals surface area contributed by atoms with E-state index in [0.717, 1.165) is 25.7 Å². The van der Waals surface area contributed by atoms with Gasteiger partial charge >= 0.3 is 12.0 Å². The zero-order valence-electron chi connectivity index (χ0n) is 14.8. The Balaban J connectivity index is 1.82. The van der Waals surface area contributed by atoms with Crippen LogP contribution in [0.1, 0.15) is 49.9 Å². The van der Waals surface area contributed by atoms with Gasteiger partial charge in [-0.15, -0.1) is 0 Å². The van der Waals surface area contributed by atoms with E-state index < -0.39 is 24.0 Å². The van der Waals surface area contributed by atoms with Gasteiger partial charge in [0.1, 0.15) is 0 Å². The largest absolute Gasteiger partial charge is 0.449 e. The van der Waals surface area contributed by atoms with Crippen molar-refractivity contribution in [1.82, 2.24) is 10.6 Å². The Morgan fingerprint density at radius 3 is 2.27 bits per heavy atom. The van der Waals surface area contributed by atoms with Crippen LogP contribution in [0.2, 0.25) is 0 Å². The van der Waals surface area contributed by atoms with Gasteiger partial charge in [0.05, 0.1) is 5.56 Å². The highest BCUT2D eigenvalue weighted by molar-refractivity contribution is 5.98. The van der Waals surface area contributed by atoms with Crippen LogP contribution in [0.4, 0.5) is 10.5 Å². The number of anilines is 1. The van der Waals surface area contributed by atoms with Crippen molar-refractivity contribution in [3.05, 3.63) is 29.8 Å². The van der Waals surface area contributed by atoms with E-state index >= 15 is 0 Å². The quantitative estimate of drug-likeness (QED) is 0.694. The number of urea groups is 1. The third-order valence-corrected chi connectivity index (χ3v) is 4.02. The lowest BCUT2D eigenvalue weighted by atomic mass is 10.2. The molecule has 1 aliphatic rings. The van der Waals surface area contributed by atoms with Gasteiger partial charge in [0.25, 0.3) is 5.91 Å². The van der Waals surface area contributed by atoms with Crippen LogP contribution in [0.3, 0.4) is 0 Å². The van der Waals surface area contributed by atoms with Crippen molar-refractivity contribution in [2.24, 2.45) is 0 Å². The van der Waals surface area contributed by atoms with Gasteiger partial charge in [0.2, 0.25) is 5.91 Å². The van der Waals surface area contributed by atoms with Crippen LogP contribution < -0.4 is 16.0 Å². The SMILES string of the molecule is CC(=O)Nc1ccc(C(=O)OC(C)C(=O)NC(=O)NC2CCCC2)cc1. The monoisotopic (exact) mass is 361 g/mol. The first kappa shape index (κ1) is 19.4. The molecule has 4 amide bonds. The second kappa shape index (κ2) is 8.98. The maximum Gasteiger partial charge on any atom is 0.338 e. The highest BCUT2D eigenvalue weighted by atomic mass is 16.5. The first-order chi connectivity index (χ1) is 12.3. The molecule has 1 aromatic rings. The van der Waals surface area contributed by atoms with Crippen molar-refractivity contribution in [3.63, 3.8) is 0 Å². The number of esters is 1. The average Bonchev–Trinajstić information content (AvgIpc) is 3.07. The molecule has 1 aromatic carbocycles. The van der Waals surface area contributed by atoms with Gasteiger partial charge in [-0.2, -0.15) is 0 Å². The van der Waals surface area contributed by atoms with Gasteiger partial charge < -0.3 is 15.4 Å². The summed E-state index contributed by atoms with van der Waals surface area (Å²) in [5.74, 6) is -1.61. The van der Waals surface area contributed by atoms with E-state index in [9.17, 15) is 19.2 Å². The van der Waals surface area contributed by atoms with Crippen LogP contribution in [0.5, 0.6) is 0 Å². The summed E-state index contributed by atoms with van der Waals surface area (Å²) in [4.78, 5) is 46.8. The van der Waals surface area contributed by atoms with Crippen molar-refractivity contribution < 1.29 is 23.9 Å². The summed E-state index contributed by atoms with van der Waals surface area (Å²) >= 11 is 0. The molecule has 0 radical (unpaired) electrons. The van der Waals surface area contributed by atoms with E-state index in [4.69, 9.17) is 4.74 Å². The van der Waals surface area contributed by atoms with E-state index in [1.165, 1.54) is 26.0 Å². The Labute approximate surface area is 151 Å². The Kier molecular flexibility index (Phi) is 6.71. The van der Waals surface area contributed by atoms with Gasteiger partial charge in [-0.3, -0.25) is 14.9 Å². The maximum absolute atomic E-state index is 12.1. The van der Waals surface area contributed by atoms with Crippen LogP contribution in [0.15, 0.2) is 24.3 Å². The number of carbonyl (C=O) groups is 4. The topological polar surface area (TPSA) is 114 Å². The van der Waals surface area contributed by atoms with Crippen molar-refractivity contribution in [2.45, 2.75) is 51.7 Å². The van der Waals surface area contributed by atoms with Crippen LogP contribution in [-0.2, 0) is 14.3 Å². The molecule has 1 fully saturated rings. The molecule has 0 aromatic heterocycles. The van der Waals surface area contributed by atoms with Crippen LogP contribution in [0, 0.1) is 0 Å². The van der Waals surface area contributed by atoms with Gasteiger partial charge in [-0.1, -0.05) is 12.8 Å². The van der Waals surface area contributed by atoms with E-state index in [1.54, 1.807) is 12.1 Å². The summed E-state index contributed by atoms with van der Waals surface area (Å²) in [6, 6.07) is 5.57. The lowest BCUT2D eigenvalue weighted by molar-refractivity contribution is -0.128. The molecule has 3 N–H and O–H groups in total. The molecule has 8 nitrogen and oxygen atoms in total. The molecule has 0 heterocycles. The zero-order valence-corrected chi connectivity index (χ0v) is 14.8. The normalized spacial score (nSPS) is 15.0. The number of hydrogen-bond acceptors (Lipinski definition) is 5. The van der Waals surface area contributed by atoms with E-state index in [0.29, 0.717) is 5.69 Å². The molecule has 1 aliphatic carbocycles. The van der Waals surface area contributed by atoms with E-state index in [2.05, 4.69) is 16.0 Å². The molecule has 8 heteroatoms. The highest BCUT2D eigenvalue weighted by Gasteiger charge is 2.23. The number of benzene rings is 1. The Hall–Kier alpha value is -2.90. The summed E-state index contributed by atoms with van der Waals surface area (Å²) in [5, 5.41) is 7.49. The summed E-state index contributed by atoms with van der Waals surface area (Å²) in [5.41, 5.74) is 0.776. The second-order valence-corrected chi connectivity index (χ2v) is 6.25. The fourth-order valence-electron chi connectivity index (χ4n) is 2.68. The van der Waals surface area contributed by atoms with Crippen LogP contribution in [-0.4, -0.2) is 36.0 Å². The molecule has 1 unspecified atom stereocenters. The molecule has 0 aliphatic heterocycles. The minimum Gasteiger partial charge on any atom is -0.449 e. The zero-order chi connectivity index (χ0) is 19.1. The fourth-order valence-corrected chi connectivity index (χ4v) is 2.68. The van der Waals surface area contributed by atoms with Gasteiger partial charge in [-0.25, -0.2) is 9.59 Å². The number of amides is 4. The molecule has 0 saturated heterocycles. The van der Waals surface area contributed by atoms with Crippen molar-refractivity contribution in [2.75, 3.05) is 5.32 Å². The first-order valence-corrected chi connectivity index (χ1v) is 8.55. The van der Waals surface area contributed by atoms with E-state index in [1.807, 2.05) is 0 Å². The van der Waals surface area contributed by atoms with Crippen molar-refractivity contribution >= 4 is 29.5 Å². The first-order valence-electron chi connectivity index (χ1n) is 8.55. The second-order valence-electron chi connectivity index (χ2n) is 6.25. The molecule has 0 spiro atoms. The number of imide groups is 1. The standard InChI is InChI=1S/C18H23N3O5/c1-11(16(23)21-18(25)20-14-5-3-4-6-14)26-17(24)13-7-9-15(10-8-13)19-12(2)22/h7-11,14H,3-6H2,1-2H3,(H,19,22)(H2,20,21,23,25). The lowest BCUT2D eigenvalue weighted by Gasteiger charge is -2.15. The predicted molar refractivity (Wildman–Crippen MR) is 94.6 cm³/mol. The molecule has 0 bridgehead atoms. The fraction of sp³-hybridized carbons (Fsp3) is 0.444. The van der Waals surface area contributed by atoms with Gasteiger partial charge in [-0.05, 0) is 44.0 Å². The summed E-state index contributed by atoms with van der Waals surface area (Å²) in [6.45, 7) is 2.77. The molecular formula is C18H23N3O5. The number of hydrogen-bond donors (Lipinski definition) is 3. The Bertz CT molecular complexity index is 681. The smallest absolute Gasteiger partial charge is 0.338 e. The number of nitrogens with one attached hydrogen (secondary N) is 3. The van der Waals surface area contributed by atoms with Crippen molar-refractivity contribution in [3.8, 4) is 0 Å². The predicted octanol–water partition coefficient (Wildman–Crippen LogP) is 1.96. The number of carbonyl (C=O) groups excluding carboxylic acids is 4. The Morgan fingerprint density at radius 2 is 1.69 bits per heavy atom. The number of ether oxygens (including phenoxy) is 1. The lowest BCUT2D eigenvalue weighted by Crippen LogP contribution is -2.47. The third kappa shape index (κ3) is 5.87. The molecule has 140 valence electrons. The van der Waals surface area contributed by atoms with Gasteiger partial charge in [0, 0.05) is 18.7 Å². The molecular weight excluding hydrogens is 338 g/mol. The molecule has 26 heavy (non-hydrogen) atoms. The van der Waals surface area contributed by atoms with Crippen LogP contribution in [0.25, 0.3) is 0 Å². The third-order valence-electron chi connectivity index (χ3n) is 4.02. The molecule has 1 saturated carbocycles. The minimum absolute atomic E-state index is 0.0859. The van der Waals surface area contributed by atoms with Crippen molar-refractivity contribution in [1.29, 1.82) is 0 Å². The van der Waals surface area contributed by atoms with Gasteiger partial charge in [0.15, 0.2) is 6.10 Å². The Morgan fingerprint density at radius 1 is 1.08 bits per heavy atom. The average molecular weight is 361 g/mol. The van der Waals surface area contributed by atoms with E-state index in [-0.39, 0.29) is 17.5 Å². The summed E-state index contributed by atoms with van der Waals surface area (Å²) in [7, 11) is 0.